The number of amides is 1. The van der Waals surface area contributed by atoms with Gasteiger partial charge in [-0.25, -0.2) is 9.79 Å². The average Bonchev–Trinajstić information content (AvgIpc) is 3.33. The first kappa shape index (κ1) is 28.3. The van der Waals surface area contributed by atoms with Crippen LogP contribution in [-0.2, 0) is 20.7 Å². The number of fused-ring (bicyclic) bond motifs is 1. The number of hydrogen-bond donors (Lipinski definition) is 1. The number of esters is 1. The highest BCUT2D eigenvalue weighted by Crippen LogP contribution is 2.46. The molecule has 8 nitrogen and oxygen atoms in total. The Morgan fingerprint density at radius 2 is 1.82 bits per heavy atom. The van der Waals surface area contributed by atoms with E-state index in [1.54, 1.807) is 14.2 Å². The number of carbonyl (C=O) groups is 2. The molecule has 2 aromatic rings. The molecule has 0 spiro atoms. The summed E-state index contributed by atoms with van der Waals surface area (Å²) >= 11 is 1.47. The summed E-state index contributed by atoms with van der Waals surface area (Å²) in [4.78, 5) is 33.0. The second-order valence-electron chi connectivity index (χ2n) is 9.43. The minimum atomic E-state index is -0.429. The fourth-order valence-corrected chi connectivity index (χ4v) is 5.89. The number of carbonyl (C=O) groups excluding carboxylic acids is 2. The predicted octanol–water partition coefficient (Wildman–Crippen LogP) is 5.21. The van der Waals surface area contributed by atoms with Crippen molar-refractivity contribution in [2.45, 2.75) is 46.1 Å². The van der Waals surface area contributed by atoms with E-state index in [1.807, 2.05) is 55.3 Å². The molecule has 1 unspecified atom stereocenters. The van der Waals surface area contributed by atoms with Crippen LogP contribution in [0, 0.1) is 13.8 Å². The van der Waals surface area contributed by atoms with Crippen LogP contribution in [0.2, 0.25) is 0 Å². The quantitative estimate of drug-likeness (QED) is 0.407. The molecular formula is C30H35N3O5S. The molecule has 0 aliphatic carbocycles. The number of nitrogens with one attached hydrogen (secondary N) is 1. The van der Waals surface area contributed by atoms with E-state index in [0.29, 0.717) is 42.2 Å². The Hall–Kier alpha value is -3.72. The number of hydrogen-bond acceptors (Lipinski definition) is 8. The molecule has 0 bridgehead atoms. The highest BCUT2D eigenvalue weighted by Gasteiger charge is 2.42. The second-order valence-corrected chi connectivity index (χ2v) is 10.3. The minimum Gasteiger partial charge on any atom is -0.493 e. The second kappa shape index (κ2) is 12.4. The summed E-state index contributed by atoms with van der Waals surface area (Å²) in [5.41, 5.74) is 6.24. The molecule has 2 aliphatic rings. The lowest BCUT2D eigenvalue weighted by atomic mass is 9.89. The van der Waals surface area contributed by atoms with Crippen LogP contribution in [-0.4, -0.2) is 49.8 Å². The van der Waals surface area contributed by atoms with Crippen LogP contribution < -0.4 is 14.8 Å². The number of rotatable bonds is 10. The number of aliphatic imine (C=N–C) groups is 1. The van der Waals surface area contributed by atoms with Gasteiger partial charge in [-0.3, -0.25) is 4.79 Å². The number of benzene rings is 2. The fourth-order valence-electron chi connectivity index (χ4n) is 4.95. The molecule has 2 aromatic carbocycles. The third-order valence-electron chi connectivity index (χ3n) is 6.87. The van der Waals surface area contributed by atoms with Crippen molar-refractivity contribution < 1.29 is 23.8 Å². The third kappa shape index (κ3) is 5.98. The Labute approximate surface area is 234 Å². The van der Waals surface area contributed by atoms with Crippen LogP contribution >= 0.6 is 11.8 Å². The van der Waals surface area contributed by atoms with Crippen LogP contribution in [0.5, 0.6) is 11.5 Å². The van der Waals surface area contributed by atoms with E-state index in [-0.39, 0.29) is 12.3 Å². The number of methoxy groups -OCH3 is 3. The minimum absolute atomic E-state index is 0.104. The lowest BCUT2D eigenvalue weighted by Crippen LogP contribution is -2.38. The van der Waals surface area contributed by atoms with Gasteiger partial charge in [-0.15, -0.1) is 0 Å². The molecule has 206 valence electrons. The fraction of sp³-hybridized carbons (Fsp3) is 0.367. The van der Waals surface area contributed by atoms with Crippen LogP contribution in [0.1, 0.15) is 48.1 Å². The van der Waals surface area contributed by atoms with E-state index in [1.165, 1.54) is 18.9 Å². The topological polar surface area (TPSA) is 89.5 Å². The molecule has 2 heterocycles. The highest BCUT2D eigenvalue weighted by molar-refractivity contribution is 8.16. The zero-order valence-electron chi connectivity index (χ0n) is 23.3. The average molecular weight is 550 g/mol. The maximum Gasteiger partial charge on any atom is 0.338 e. The molecule has 0 radical (unpaired) electrons. The van der Waals surface area contributed by atoms with E-state index >= 15 is 0 Å². The van der Waals surface area contributed by atoms with Gasteiger partial charge in [0.25, 0.3) is 0 Å². The van der Waals surface area contributed by atoms with Gasteiger partial charge < -0.3 is 24.4 Å². The smallest absolute Gasteiger partial charge is 0.338 e. The first-order valence-electron chi connectivity index (χ1n) is 12.9. The number of nitrogens with zero attached hydrogens (tertiary/aromatic N) is 2. The Morgan fingerprint density at radius 1 is 1.05 bits per heavy atom. The van der Waals surface area contributed by atoms with Crippen molar-refractivity contribution in [2.24, 2.45) is 4.99 Å². The highest BCUT2D eigenvalue weighted by atomic mass is 32.2. The van der Waals surface area contributed by atoms with Gasteiger partial charge in [0, 0.05) is 12.2 Å². The van der Waals surface area contributed by atoms with Crippen molar-refractivity contribution >= 4 is 28.8 Å². The summed E-state index contributed by atoms with van der Waals surface area (Å²) in [6, 6.07) is 11.5. The number of amidine groups is 1. The summed E-state index contributed by atoms with van der Waals surface area (Å²) in [6.45, 7) is 6.55. The van der Waals surface area contributed by atoms with Crippen molar-refractivity contribution in [2.75, 3.05) is 27.9 Å². The third-order valence-corrected chi connectivity index (χ3v) is 7.76. The maximum absolute atomic E-state index is 13.1. The Bertz CT molecular complexity index is 1360. The monoisotopic (exact) mass is 549 g/mol. The Morgan fingerprint density at radius 3 is 2.49 bits per heavy atom. The molecule has 0 fully saturated rings. The van der Waals surface area contributed by atoms with Crippen molar-refractivity contribution in [1.29, 1.82) is 0 Å². The molecule has 0 aromatic heterocycles. The van der Waals surface area contributed by atoms with E-state index in [2.05, 4.69) is 17.4 Å². The summed E-state index contributed by atoms with van der Waals surface area (Å²) < 4.78 is 15.9. The standard InChI is InChI=1S/C30H35N3O5S/c1-7-23-27(29(35)38-6)28(22-10-8-18(2)14-19(22)3)33-21(17-39-30(33)32-23)16-26(34)31-13-12-20-9-11-24(36-4)25(15-20)37-5/h8-11,14-15,17,28H,7,12-13,16H2,1-6H3,(H,31,34). The number of allylic oxidation sites excluding steroid dienone is 1. The molecule has 1 N–H and O–H groups in total. The molecule has 0 saturated heterocycles. The van der Waals surface area contributed by atoms with Crippen LogP contribution in [0.4, 0.5) is 0 Å². The van der Waals surface area contributed by atoms with Gasteiger partial charge >= 0.3 is 5.97 Å². The van der Waals surface area contributed by atoms with Crippen molar-refractivity contribution in [1.82, 2.24) is 10.2 Å². The SMILES string of the molecule is CCC1=C(C(=O)OC)C(c2ccc(C)cc2C)N2C(CC(=O)NCCc3ccc(OC)c(OC)c3)=CSC2=N1. The molecular weight excluding hydrogens is 514 g/mol. The molecule has 39 heavy (non-hydrogen) atoms. The lowest BCUT2D eigenvalue weighted by Gasteiger charge is -2.37. The molecule has 1 atom stereocenters. The van der Waals surface area contributed by atoms with Gasteiger partial charge in [-0.2, -0.15) is 0 Å². The van der Waals surface area contributed by atoms with Crippen LogP contribution in [0.3, 0.4) is 0 Å². The van der Waals surface area contributed by atoms with Gasteiger partial charge in [-0.05, 0) is 60.9 Å². The van der Waals surface area contributed by atoms with Crippen molar-refractivity contribution in [3.8, 4) is 11.5 Å². The van der Waals surface area contributed by atoms with Crippen molar-refractivity contribution in [3.63, 3.8) is 0 Å². The Balaban J connectivity index is 1.54. The molecule has 4 rings (SSSR count). The molecule has 0 saturated carbocycles. The molecule has 9 heteroatoms. The first-order chi connectivity index (χ1) is 18.8. The van der Waals surface area contributed by atoms with Crippen LogP contribution in [0.15, 0.2) is 63.8 Å². The van der Waals surface area contributed by atoms with Gasteiger partial charge in [0.05, 0.1) is 45.1 Å². The van der Waals surface area contributed by atoms with E-state index < -0.39 is 12.0 Å². The van der Waals surface area contributed by atoms with E-state index in [9.17, 15) is 9.59 Å². The molecule has 2 aliphatic heterocycles. The van der Waals surface area contributed by atoms with Crippen LogP contribution in [0.25, 0.3) is 0 Å². The summed E-state index contributed by atoms with van der Waals surface area (Å²) in [5, 5.41) is 5.74. The normalized spacial score (nSPS) is 16.4. The van der Waals surface area contributed by atoms with E-state index in [0.717, 1.165) is 33.1 Å². The molecule has 1 amide bonds. The zero-order valence-corrected chi connectivity index (χ0v) is 24.1. The number of ether oxygens (including phenoxy) is 3. The largest absolute Gasteiger partial charge is 0.493 e. The number of aryl methyl sites for hydroxylation is 2. The Kier molecular flexibility index (Phi) is 9.01. The first-order valence-corrected chi connectivity index (χ1v) is 13.8. The lowest BCUT2D eigenvalue weighted by molar-refractivity contribution is -0.136. The van der Waals surface area contributed by atoms with Gasteiger partial charge in [-0.1, -0.05) is 48.5 Å². The van der Waals surface area contributed by atoms with Gasteiger partial charge in [0.2, 0.25) is 5.91 Å². The predicted molar refractivity (Wildman–Crippen MR) is 154 cm³/mol. The number of thioether (sulfide) groups is 1. The van der Waals surface area contributed by atoms with Gasteiger partial charge in [0.15, 0.2) is 16.7 Å². The van der Waals surface area contributed by atoms with Gasteiger partial charge in [0.1, 0.15) is 0 Å². The summed E-state index contributed by atoms with van der Waals surface area (Å²) in [5.74, 6) is 0.813. The maximum atomic E-state index is 13.1. The summed E-state index contributed by atoms with van der Waals surface area (Å²) in [6.07, 6.45) is 1.40. The summed E-state index contributed by atoms with van der Waals surface area (Å²) in [7, 11) is 4.59. The van der Waals surface area contributed by atoms with E-state index in [4.69, 9.17) is 19.2 Å². The zero-order chi connectivity index (χ0) is 28.1. The van der Waals surface area contributed by atoms with Crippen molar-refractivity contribution in [3.05, 3.63) is 81.0 Å².